The van der Waals surface area contributed by atoms with Gasteiger partial charge in [0.15, 0.2) is 0 Å². The number of anilines is 1. The number of nitrogens with one attached hydrogen (secondary N) is 2. The Bertz CT molecular complexity index is 748. The van der Waals surface area contributed by atoms with Gasteiger partial charge >= 0.3 is 6.03 Å². The largest absolute Gasteiger partial charge is 0.497 e. The summed E-state index contributed by atoms with van der Waals surface area (Å²) < 4.78 is 5.17. The molecule has 2 aromatic rings. The zero-order chi connectivity index (χ0) is 18.4. The monoisotopic (exact) mass is 373 g/mol. The number of carbonyl (C=O) groups excluding carboxylic acids is 2. The van der Waals surface area contributed by atoms with Crippen LogP contribution in [0.25, 0.3) is 0 Å². The Morgan fingerprint density at radius 2 is 2.19 bits per heavy atom. The molecule has 2 N–H and O–H groups in total. The maximum atomic E-state index is 12.5. The van der Waals surface area contributed by atoms with Gasteiger partial charge in [-0.3, -0.25) is 4.79 Å². The van der Waals surface area contributed by atoms with Gasteiger partial charge in [0.25, 0.3) is 0 Å². The van der Waals surface area contributed by atoms with Gasteiger partial charge in [-0.15, -0.1) is 11.3 Å². The summed E-state index contributed by atoms with van der Waals surface area (Å²) in [6, 6.07) is 11.0. The van der Waals surface area contributed by atoms with Crippen LogP contribution < -0.4 is 15.4 Å². The summed E-state index contributed by atoms with van der Waals surface area (Å²) in [6.07, 6.45) is 1.63. The minimum absolute atomic E-state index is 0.0114. The highest BCUT2D eigenvalue weighted by atomic mass is 32.1. The number of ether oxygens (including phenoxy) is 1. The number of piperidine rings is 1. The summed E-state index contributed by atoms with van der Waals surface area (Å²) >= 11 is 1.62. The van der Waals surface area contributed by atoms with Crippen molar-refractivity contribution in [2.45, 2.75) is 19.4 Å². The first kappa shape index (κ1) is 18.3. The zero-order valence-electron chi connectivity index (χ0n) is 14.7. The minimum Gasteiger partial charge on any atom is -0.497 e. The highest BCUT2D eigenvalue weighted by Gasteiger charge is 2.28. The van der Waals surface area contributed by atoms with Gasteiger partial charge in [0.1, 0.15) is 5.75 Å². The fraction of sp³-hybridized carbons (Fsp3) is 0.368. The molecule has 3 amide bonds. The molecule has 2 heterocycles. The lowest BCUT2D eigenvalue weighted by Crippen LogP contribution is -2.46. The number of hydrogen-bond donors (Lipinski definition) is 2. The summed E-state index contributed by atoms with van der Waals surface area (Å²) in [7, 11) is 1.59. The molecule has 1 saturated heterocycles. The summed E-state index contributed by atoms with van der Waals surface area (Å²) in [5, 5.41) is 7.85. The third kappa shape index (κ3) is 4.76. The SMILES string of the molecule is COc1cccc(NC(=O)N2CCCC(C(=O)NCc3cccs3)C2)c1. The first-order valence-electron chi connectivity index (χ1n) is 8.66. The number of amides is 3. The van der Waals surface area contributed by atoms with Crippen LogP contribution in [-0.2, 0) is 11.3 Å². The Kier molecular flexibility index (Phi) is 6.12. The van der Waals surface area contributed by atoms with E-state index in [1.165, 1.54) is 0 Å². The molecule has 1 aliphatic heterocycles. The van der Waals surface area contributed by atoms with Crippen LogP contribution in [0.5, 0.6) is 5.75 Å². The Morgan fingerprint density at radius 3 is 2.96 bits per heavy atom. The summed E-state index contributed by atoms with van der Waals surface area (Å²) in [6.45, 7) is 1.64. The standard InChI is InChI=1S/C19H23N3O3S/c1-25-16-7-2-6-15(11-16)21-19(24)22-9-3-5-14(13-22)18(23)20-12-17-8-4-10-26-17/h2,4,6-8,10-11,14H,3,5,9,12-13H2,1H3,(H,20,23)(H,21,24). The van der Waals surface area contributed by atoms with E-state index in [0.29, 0.717) is 31.1 Å². The van der Waals surface area contributed by atoms with Crippen LogP contribution in [0.1, 0.15) is 17.7 Å². The van der Waals surface area contributed by atoms with Crippen LogP contribution in [0.3, 0.4) is 0 Å². The molecule has 0 aliphatic carbocycles. The Labute approximate surface area is 157 Å². The molecular weight excluding hydrogens is 350 g/mol. The van der Waals surface area contributed by atoms with E-state index in [1.807, 2.05) is 35.7 Å². The van der Waals surface area contributed by atoms with E-state index in [2.05, 4.69) is 10.6 Å². The first-order valence-corrected chi connectivity index (χ1v) is 9.54. The predicted molar refractivity (Wildman–Crippen MR) is 102 cm³/mol. The molecule has 1 aliphatic rings. The average Bonchev–Trinajstić information content (AvgIpc) is 3.20. The van der Waals surface area contributed by atoms with Crippen molar-refractivity contribution in [1.82, 2.24) is 10.2 Å². The molecule has 0 bridgehead atoms. The van der Waals surface area contributed by atoms with Crippen molar-refractivity contribution in [2.24, 2.45) is 5.92 Å². The van der Waals surface area contributed by atoms with Crippen molar-refractivity contribution >= 4 is 29.0 Å². The smallest absolute Gasteiger partial charge is 0.321 e. The lowest BCUT2D eigenvalue weighted by Gasteiger charge is -2.32. The highest BCUT2D eigenvalue weighted by Crippen LogP contribution is 2.20. The van der Waals surface area contributed by atoms with Gasteiger partial charge in [0, 0.05) is 29.7 Å². The van der Waals surface area contributed by atoms with E-state index < -0.39 is 0 Å². The highest BCUT2D eigenvalue weighted by molar-refractivity contribution is 7.09. The van der Waals surface area contributed by atoms with Crippen molar-refractivity contribution in [3.63, 3.8) is 0 Å². The molecule has 1 aromatic carbocycles. The summed E-state index contributed by atoms with van der Waals surface area (Å²) in [5.74, 6) is 0.532. The van der Waals surface area contributed by atoms with Crippen LogP contribution in [0, 0.1) is 5.92 Å². The van der Waals surface area contributed by atoms with Crippen molar-refractivity contribution in [1.29, 1.82) is 0 Å². The fourth-order valence-corrected chi connectivity index (χ4v) is 3.66. The number of carbonyl (C=O) groups is 2. The van der Waals surface area contributed by atoms with Crippen LogP contribution in [0.4, 0.5) is 10.5 Å². The maximum Gasteiger partial charge on any atom is 0.321 e. The van der Waals surface area contributed by atoms with E-state index in [-0.39, 0.29) is 17.9 Å². The Balaban J connectivity index is 1.53. The van der Waals surface area contributed by atoms with Crippen molar-refractivity contribution in [3.05, 3.63) is 46.7 Å². The van der Waals surface area contributed by atoms with Gasteiger partial charge in [0.2, 0.25) is 5.91 Å². The third-order valence-electron chi connectivity index (χ3n) is 4.42. The number of hydrogen-bond acceptors (Lipinski definition) is 4. The normalized spacial score (nSPS) is 16.8. The lowest BCUT2D eigenvalue weighted by molar-refractivity contribution is -0.126. The fourth-order valence-electron chi connectivity index (χ4n) is 3.01. The second-order valence-electron chi connectivity index (χ2n) is 6.24. The van der Waals surface area contributed by atoms with Crippen LogP contribution in [-0.4, -0.2) is 37.0 Å². The molecule has 1 unspecified atom stereocenters. The van der Waals surface area contributed by atoms with Gasteiger partial charge < -0.3 is 20.3 Å². The van der Waals surface area contributed by atoms with Crippen LogP contribution >= 0.6 is 11.3 Å². The molecule has 138 valence electrons. The number of likely N-dealkylation sites (tertiary alicyclic amines) is 1. The molecule has 26 heavy (non-hydrogen) atoms. The third-order valence-corrected chi connectivity index (χ3v) is 5.29. The molecule has 6 nitrogen and oxygen atoms in total. The number of benzene rings is 1. The molecule has 7 heteroatoms. The van der Waals surface area contributed by atoms with Gasteiger partial charge in [0.05, 0.1) is 19.6 Å². The number of thiophene rings is 1. The summed E-state index contributed by atoms with van der Waals surface area (Å²) in [5.41, 5.74) is 0.679. The second-order valence-corrected chi connectivity index (χ2v) is 7.28. The minimum atomic E-state index is -0.186. The van der Waals surface area contributed by atoms with Gasteiger partial charge in [-0.1, -0.05) is 12.1 Å². The molecule has 0 saturated carbocycles. The van der Waals surface area contributed by atoms with Gasteiger partial charge in [-0.2, -0.15) is 0 Å². The molecular formula is C19H23N3O3S. The van der Waals surface area contributed by atoms with E-state index in [1.54, 1.807) is 29.4 Å². The first-order chi connectivity index (χ1) is 12.7. The van der Waals surface area contributed by atoms with Crippen molar-refractivity contribution in [2.75, 3.05) is 25.5 Å². The number of rotatable bonds is 5. The molecule has 3 rings (SSSR count). The molecule has 1 atom stereocenters. The van der Waals surface area contributed by atoms with Crippen molar-refractivity contribution < 1.29 is 14.3 Å². The topological polar surface area (TPSA) is 70.7 Å². The van der Waals surface area contributed by atoms with Crippen LogP contribution in [0.2, 0.25) is 0 Å². The molecule has 1 aromatic heterocycles. The quantitative estimate of drug-likeness (QED) is 0.845. The Morgan fingerprint density at radius 1 is 1.31 bits per heavy atom. The molecule has 0 radical (unpaired) electrons. The summed E-state index contributed by atoms with van der Waals surface area (Å²) in [4.78, 5) is 27.8. The van der Waals surface area contributed by atoms with Crippen molar-refractivity contribution in [3.8, 4) is 5.75 Å². The number of urea groups is 1. The number of nitrogens with zero attached hydrogens (tertiary/aromatic N) is 1. The Hall–Kier alpha value is -2.54. The van der Waals surface area contributed by atoms with E-state index >= 15 is 0 Å². The van der Waals surface area contributed by atoms with E-state index in [0.717, 1.165) is 17.7 Å². The van der Waals surface area contributed by atoms with Gasteiger partial charge in [-0.05, 0) is 36.4 Å². The van der Waals surface area contributed by atoms with E-state index in [4.69, 9.17) is 4.74 Å². The maximum absolute atomic E-state index is 12.5. The van der Waals surface area contributed by atoms with Crippen LogP contribution in [0.15, 0.2) is 41.8 Å². The predicted octanol–water partition coefficient (Wildman–Crippen LogP) is 3.32. The van der Waals surface area contributed by atoms with Gasteiger partial charge in [-0.25, -0.2) is 4.79 Å². The second kappa shape index (κ2) is 8.71. The number of methoxy groups -OCH3 is 1. The average molecular weight is 373 g/mol. The molecule has 0 spiro atoms. The molecule has 1 fully saturated rings. The van der Waals surface area contributed by atoms with E-state index in [9.17, 15) is 9.59 Å². The lowest BCUT2D eigenvalue weighted by atomic mass is 9.97. The zero-order valence-corrected chi connectivity index (χ0v) is 15.6.